The Bertz CT molecular complexity index is 321. The van der Waals surface area contributed by atoms with Crippen LogP contribution in [0.5, 0.6) is 0 Å². The summed E-state index contributed by atoms with van der Waals surface area (Å²) in [6, 6.07) is 0. The van der Waals surface area contributed by atoms with Gasteiger partial charge in [0.2, 0.25) is 0 Å². The minimum Gasteiger partial charge on any atom is -0.298 e. The third-order valence-electron chi connectivity index (χ3n) is 2.14. The molecule has 0 saturated carbocycles. The van der Waals surface area contributed by atoms with Gasteiger partial charge in [-0.1, -0.05) is 0 Å². The number of ketones is 1. The standard InChI is InChI=1S/C9H11NOS2/c1-6-10-8(4-13-6)2-7-3-12-5-9(7)11/h4,7H,2-3,5H2,1H3. The van der Waals surface area contributed by atoms with Crippen LogP contribution in [0.25, 0.3) is 0 Å². The Morgan fingerprint density at radius 1 is 1.69 bits per heavy atom. The number of hydrogen-bond acceptors (Lipinski definition) is 4. The molecular weight excluding hydrogens is 202 g/mol. The first-order valence-corrected chi connectivity index (χ1v) is 6.30. The van der Waals surface area contributed by atoms with Crippen molar-refractivity contribution in [3.63, 3.8) is 0 Å². The van der Waals surface area contributed by atoms with E-state index in [4.69, 9.17) is 0 Å². The molecule has 70 valence electrons. The summed E-state index contributed by atoms with van der Waals surface area (Å²) in [5, 5.41) is 3.15. The summed E-state index contributed by atoms with van der Waals surface area (Å²) in [4.78, 5) is 15.7. The third kappa shape index (κ3) is 2.11. The topological polar surface area (TPSA) is 30.0 Å². The van der Waals surface area contributed by atoms with Crippen LogP contribution in [0.2, 0.25) is 0 Å². The lowest BCUT2D eigenvalue weighted by atomic mass is 10.0. The predicted octanol–water partition coefficient (Wildman–Crippen LogP) is 1.93. The maximum atomic E-state index is 11.3. The van der Waals surface area contributed by atoms with Crippen LogP contribution >= 0.6 is 23.1 Å². The number of Topliss-reactive ketones (excluding diaryl/α,β-unsaturated/α-hetero) is 1. The van der Waals surface area contributed by atoms with Gasteiger partial charge in [-0.05, 0) is 6.92 Å². The summed E-state index contributed by atoms with van der Waals surface area (Å²) >= 11 is 3.40. The lowest BCUT2D eigenvalue weighted by Crippen LogP contribution is -2.14. The van der Waals surface area contributed by atoms with Gasteiger partial charge < -0.3 is 0 Å². The molecule has 1 aliphatic rings. The van der Waals surface area contributed by atoms with Crippen LogP contribution in [-0.2, 0) is 11.2 Å². The van der Waals surface area contributed by atoms with E-state index in [9.17, 15) is 4.79 Å². The molecule has 2 heterocycles. The summed E-state index contributed by atoms with van der Waals surface area (Å²) in [6.07, 6.45) is 0.843. The highest BCUT2D eigenvalue weighted by Crippen LogP contribution is 2.24. The number of aryl methyl sites for hydroxylation is 1. The van der Waals surface area contributed by atoms with Crippen molar-refractivity contribution in [2.75, 3.05) is 11.5 Å². The maximum Gasteiger partial charge on any atom is 0.147 e. The van der Waals surface area contributed by atoms with E-state index in [-0.39, 0.29) is 5.92 Å². The molecular formula is C9H11NOS2. The Hall–Kier alpha value is -0.350. The second-order valence-corrected chi connectivity index (χ2v) is 5.33. The van der Waals surface area contributed by atoms with Crippen molar-refractivity contribution < 1.29 is 4.79 Å². The van der Waals surface area contributed by atoms with Gasteiger partial charge in [0, 0.05) is 23.5 Å². The first kappa shape index (κ1) is 9.21. The van der Waals surface area contributed by atoms with Gasteiger partial charge in [-0.3, -0.25) is 4.79 Å². The molecule has 1 saturated heterocycles. The Balaban J connectivity index is 2.01. The predicted molar refractivity (Wildman–Crippen MR) is 56.4 cm³/mol. The van der Waals surface area contributed by atoms with Crippen molar-refractivity contribution >= 4 is 28.9 Å². The Labute approximate surface area is 85.8 Å². The van der Waals surface area contributed by atoms with Crippen LogP contribution in [0.1, 0.15) is 10.7 Å². The molecule has 1 unspecified atom stereocenters. The molecule has 0 N–H and O–H groups in total. The summed E-state index contributed by atoms with van der Waals surface area (Å²) in [5.74, 6) is 2.31. The van der Waals surface area contributed by atoms with Gasteiger partial charge in [-0.25, -0.2) is 4.98 Å². The normalized spacial score (nSPS) is 22.5. The minimum absolute atomic E-state index is 0.228. The molecule has 2 rings (SSSR count). The number of carbonyl (C=O) groups excluding carboxylic acids is 1. The molecule has 2 nitrogen and oxygen atoms in total. The van der Waals surface area contributed by atoms with Gasteiger partial charge >= 0.3 is 0 Å². The molecule has 1 aromatic heterocycles. The molecule has 0 aromatic carbocycles. The summed E-state index contributed by atoms with van der Waals surface area (Å²) in [6.45, 7) is 2.00. The summed E-state index contributed by atoms with van der Waals surface area (Å²) in [7, 11) is 0. The molecule has 0 aliphatic carbocycles. The number of hydrogen-bond donors (Lipinski definition) is 0. The van der Waals surface area contributed by atoms with E-state index < -0.39 is 0 Å². The second kappa shape index (κ2) is 3.80. The fourth-order valence-corrected chi connectivity index (χ4v) is 3.21. The van der Waals surface area contributed by atoms with E-state index in [0.29, 0.717) is 11.5 Å². The second-order valence-electron chi connectivity index (χ2n) is 3.24. The van der Waals surface area contributed by atoms with Crippen LogP contribution < -0.4 is 0 Å². The Morgan fingerprint density at radius 2 is 2.54 bits per heavy atom. The summed E-state index contributed by atoms with van der Waals surface area (Å²) < 4.78 is 0. The van der Waals surface area contributed by atoms with Crippen molar-refractivity contribution in [2.45, 2.75) is 13.3 Å². The number of aromatic nitrogens is 1. The number of nitrogens with zero attached hydrogens (tertiary/aromatic N) is 1. The van der Waals surface area contributed by atoms with Gasteiger partial charge in [-0.2, -0.15) is 11.8 Å². The van der Waals surface area contributed by atoms with Crippen molar-refractivity contribution in [1.82, 2.24) is 4.98 Å². The minimum atomic E-state index is 0.228. The molecule has 13 heavy (non-hydrogen) atoms. The highest BCUT2D eigenvalue weighted by atomic mass is 32.2. The average Bonchev–Trinajstić information content (AvgIpc) is 2.64. The van der Waals surface area contributed by atoms with Crippen molar-refractivity contribution in [2.24, 2.45) is 5.92 Å². The number of thiazole rings is 1. The highest BCUT2D eigenvalue weighted by molar-refractivity contribution is 8.00. The first-order valence-electron chi connectivity index (χ1n) is 4.27. The lowest BCUT2D eigenvalue weighted by Gasteiger charge is -2.02. The van der Waals surface area contributed by atoms with Crippen LogP contribution in [0, 0.1) is 12.8 Å². The van der Waals surface area contributed by atoms with E-state index in [1.54, 1.807) is 23.1 Å². The molecule has 0 bridgehead atoms. The number of thioether (sulfide) groups is 1. The monoisotopic (exact) mass is 213 g/mol. The van der Waals surface area contributed by atoms with E-state index >= 15 is 0 Å². The first-order chi connectivity index (χ1) is 6.25. The van der Waals surface area contributed by atoms with Crippen LogP contribution in [0.4, 0.5) is 0 Å². The maximum absolute atomic E-state index is 11.3. The number of carbonyl (C=O) groups is 1. The largest absolute Gasteiger partial charge is 0.298 e. The van der Waals surface area contributed by atoms with E-state index in [1.807, 2.05) is 6.92 Å². The van der Waals surface area contributed by atoms with Gasteiger partial charge in [-0.15, -0.1) is 11.3 Å². The molecule has 1 aromatic rings. The van der Waals surface area contributed by atoms with Crippen LogP contribution in [0.3, 0.4) is 0 Å². The molecule has 1 fully saturated rings. The third-order valence-corrected chi connectivity index (χ3v) is 4.09. The molecule has 0 radical (unpaired) electrons. The van der Waals surface area contributed by atoms with E-state index in [2.05, 4.69) is 10.4 Å². The zero-order valence-corrected chi connectivity index (χ0v) is 9.08. The van der Waals surface area contributed by atoms with Gasteiger partial charge in [0.15, 0.2) is 0 Å². The Kier molecular flexibility index (Phi) is 2.69. The van der Waals surface area contributed by atoms with Gasteiger partial charge in [0.1, 0.15) is 5.78 Å². The van der Waals surface area contributed by atoms with Crippen molar-refractivity contribution in [1.29, 1.82) is 0 Å². The smallest absolute Gasteiger partial charge is 0.147 e. The fourth-order valence-electron chi connectivity index (χ4n) is 1.44. The molecule has 4 heteroatoms. The molecule has 0 spiro atoms. The number of rotatable bonds is 2. The zero-order valence-electron chi connectivity index (χ0n) is 7.45. The SMILES string of the molecule is Cc1nc(CC2CSCC2=O)cs1. The van der Waals surface area contributed by atoms with Crippen molar-refractivity contribution in [3.05, 3.63) is 16.1 Å². The van der Waals surface area contributed by atoms with Gasteiger partial charge in [0.25, 0.3) is 0 Å². The molecule has 1 atom stereocenters. The van der Waals surface area contributed by atoms with Gasteiger partial charge in [0.05, 0.1) is 16.5 Å². The van der Waals surface area contributed by atoms with Crippen LogP contribution in [-0.4, -0.2) is 22.3 Å². The average molecular weight is 213 g/mol. The zero-order chi connectivity index (χ0) is 9.26. The van der Waals surface area contributed by atoms with E-state index in [0.717, 1.165) is 22.9 Å². The Morgan fingerprint density at radius 3 is 3.08 bits per heavy atom. The summed E-state index contributed by atoms with van der Waals surface area (Å²) in [5.41, 5.74) is 1.09. The van der Waals surface area contributed by atoms with E-state index in [1.165, 1.54) is 0 Å². The van der Waals surface area contributed by atoms with Crippen molar-refractivity contribution in [3.8, 4) is 0 Å². The lowest BCUT2D eigenvalue weighted by molar-refractivity contribution is -0.119. The fraction of sp³-hybridized carbons (Fsp3) is 0.556. The van der Waals surface area contributed by atoms with Crippen LogP contribution in [0.15, 0.2) is 5.38 Å². The molecule has 0 amide bonds. The highest BCUT2D eigenvalue weighted by Gasteiger charge is 2.25. The molecule has 1 aliphatic heterocycles. The quantitative estimate of drug-likeness (QED) is 0.752.